The maximum atomic E-state index is 12.2. The standard InChI is InChI=1S/C14H27N3O/c1-17(10-12-6-7-16-9-12)14(18)8-11-2-4-13(15)5-3-11/h11-13,16H,2-10,15H2,1H3. The van der Waals surface area contributed by atoms with Crippen molar-refractivity contribution < 1.29 is 4.79 Å². The molecule has 2 rings (SSSR count). The van der Waals surface area contributed by atoms with Crippen LogP contribution in [0.4, 0.5) is 0 Å². The molecule has 2 aliphatic rings. The largest absolute Gasteiger partial charge is 0.345 e. The van der Waals surface area contributed by atoms with Gasteiger partial charge in [0, 0.05) is 26.1 Å². The van der Waals surface area contributed by atoms with Crippen molar-refractivity contribution >= 4 is 5.91 Å². The average Bonchev–Trinajstić information content (AvgIpc) is 2.85. The third-order valence-corrected chi connectivity index (χ3v) is 4.47. The molecule has 0 bridgehead atoms. The van der Waals surface area contributed by atoms with Crippen molar-refractivity contribution in [2.24, 2.45) is 17.6 Å². The highest BCUT2D eigenvalue weighted by molar-refractivity contribution is 5.76. The van der Waals surface area contributed by atoms with Gasteiger partial charge in [0.2, 0.25) is 5.91 Å². The number of hydrogen-bond donors (Lipinski definition) is 2. The number of nitrogens with zero attached hydrogens (tertiary/aromatic N) is 1. The van der Waals surface area contributed by atoms with Crippen LogP contribution in [0.3, 0.4) is 0 Å². The molecule has 1 atom stereocenters. The molecule has 0 aromatic carbocycles. The lowest BCUT2D eigenvalue weighted by molar-refractivity contribution is -0.131. The van der Waals surface area contributed by atoms with Crippen LogP contribution in [0.25, 0.3) is 0 Å². The van der Waals surface area contributed by atoms with Gasteiger partial charge in [-0.2, -0.15) is 0 Å². The summed E-state index contributed by atoms with van der Waals surface area (Å²) in [6.07, 6.45) is 6.37. The predicted molar refractivity (Wildman–Crippen MR) is 73.2 cm³/mol. The second kappa shape index (κ2) is 6.53. The van der Waals surface area contributed by atoms with Crippen LogP contribution < -0.4 is 11.1 Å². The lowest BCUT2D eigenvalue weighted by Crippen LogP contribution is -2.35. The monoisotopic (exact) mass is 253 g/mol. The fraction of sp³-hybridized carbons (Fsp3) is 0.929. The number of amides is 1. The number of carbonyl (C=O) groups is 1. The van der Waals surface area contributed by atoms with Crippen molar-refractivity contribution in [1.82, 2.24) is 10.2 Å². The lowest BCUT2D eigenvalue weighted by Gasteiger charge is -2.28. The number of nitrogens with two attached hydrogens (primary N) is 1. The Balaban J connectivity index is 1.69. The van der Waals surface area contributed by atoms with Crippen LogP contribution in [-0.4, -0.2) is 43.5 Å². The third-order valence-electron chi connectivity index (χ3n) is 4.47. The molecule has 3 N–H and O–H groups in total. The molecule has 0 aromatic rings. The Morgan fingerprint density at radius 1 is 1.22 bits per heavy atom. The van der Waals surface area contributed by atoms with Gasteiger partial charge in [-0.1, -0.05) is 0 Å². The molecular formula is C14H27N3O. The Morgan fingerprint density at radius 2 is 1.94 bits per heavy atom. The van der Waals surface area contributed by atoms with Crippen molar-refractivity contribution in [3.63, 3.8) is 0 Å². The van der Waals surface area contributed by atoms with E-state index < -0.39 is 0 Å². The minimum Gasteiger partial charge on any atom is -0.345 e. The molecule has 18 heavy (non-hydrogen) atoms. The van der Waals surface area contributed by atoms with E-state index in [2.05, 4.69) is 5.32 Å². The average molecular weight is 253 g/mol. The molecule has 1 saturated heterocycles. The van der Waals surface area contributed by atoms with Crippen LogP contribution in [0, 0.1) is 11.8 Å². The topological polar surface area (TPSA) is 58.4 Å². The molecule has 4 heteroatoms. The van der Waals surface area contributed by atoms with Crippen molar-refractivity contribution in [2.45, 2.75) is 44.6 Å². The summed E-state index contributed by atoms with van der Waals surface area (Å²) in [6.45, 7) is 3.08. The smallest absolute Gasteiger partial charge is 0.222 e. The minimum atomic E-state index is 0.322. The van der Waals surface area contributed by atoms with Gasteiger partial charge >= 0.3 is 0 Å². The van der Waals surface area contributed by atoms with Crippen LogP contribution in [0.5, 0.6) is 0 Å². The zero-order valence-corrected chi connectivity index (χ0v) is 11.5. The van der Waals surface area contributed by atoms with Gasteiger partial charge in [-0.05, 0) is 57.0 Å². The van der Waals surface area contributed by atoms with E-state index in [0.717, 1.165) is 51.7 Å². The van der Waals surface area contributed by atoms with Gasteiger partial charge in [0.1, 0.15) is 0 Å². The van der Waals surface area contributed by atoms with Gasteiger partial charge in [-0.25, -0.2) is 0 Å². The molecule has 1 amide bonds. The number of hydrogen-bond acceptors (Lipinski definition) is 3. The molecule has 1 unspecified atom stereocenters. The zero-order valence-electron chi connectivity index (χ0n) is 11.5. The number of carbonyl (C=O) groups excluding carboxylic acids is 1. The van der Waals surface area contributed by atoms with Gasteiger partial charge < -0.3 is 16.0 Å². The van der Waals surface area contributed by atoms with Crippen molar-refractivity contribution in [1.29, 1.82) is 0 Å². The highest BCUT2D eigenvalue weighted by Crippen LogP contribution is 2.26. The van der Waals surface area contributed by atoms with E-state index in [-0.39, 0.29) is 0 Å². The Hall–Kier alpha value is -0.610. The fourth-order valence-corrected chi connectivity index (χ4v) is 3.15. The van der Waals surface area contributed by atoms with Crippen LogP contribution in [0.15, 0.2) is 0 Å². The van der Waals surface area contributed by atoms with Gasteiger partial charge in [-0.15, -0.1) is 0 Å². The zero-order chi connectivity index (χ0) is 13.0. The molecule has 104 valence electrons. The van der Waals surface area contributed by atoms with E-state index >= 15 is 0 Å². The first-order valence-corrected chi connectivity index (χ1v) is 7.35. The second-order valence-electron chi connectivity index (χ2n) is 6.12. The summed E-state index contributed by atoms with van der Waals surface area (Å²) >= 11 is 0. The van der Waals surface area contributed by atoms with Crippen LogP contribution in [0.1, 0.15) is 38.5 Å². The first kappa shape index (κ1) is 13.8. The van der Waals surface area contributed by atoms with Crippen molar-refractivity contribution in [3.05, 3.63) is 0 Å². The quantitative estimate of drug-likeness (QED) is 0.784. The predicted octanol–water partition coefficient (Wildman–Crippen LogP) is 0.962. The maximum absolute atomic E-state index is 12.2. The molecule has 1 heterocycles. The van der Waals surface area contributed by atoms with Crippen LogP contribution in [0.2, 0.25) is 0 Å². The molecule has 0 aromatic heterocycles. The second-order valence-corrected chi connectivity index (χ2v) is 6.12. The summed E-state index contributed by atoms with van der Waals surface area (Å²) in [5.41, 5.74) is 5.89. The Labute approximate surface area is 110 Å². The van der Waals surface area contributed by atoms with E-state index in [1.807, 2.05) is 11.9 Å². The summed E-state index contributed by atoms with van der Waals surface area (Å²) in [4.78, 5) is 14.1. The Bertz CT molecular complexity index is 268. The molecule has 0 spiro atoms. The van der Waals surface area contributed by atoms with Crippen molar-refractivity contribution in [3.8, 4) is 0 Å². The summed E-state index contributed by atoms with van der Waals surface area (Å²) in [7, 11) is 1.95. The van der Waals surface area contributed by atoms with E-state index in [1.165, 1.54) is 6.42 Å². The Kier molecular flexibility index (Phi) is 5.01. The first-order valence-electron chi connectivity index (χ1n) is 7.35. The van der Waals surface area contributed by atoms with Gasteiger partial charge in [0.15, 0.2) is 0 Å². The van der Waals surface area contributed by atoms with Gasteiger partial charge in [0.25, 0.3) is 0 Å². The van der Waals surface area contributed by atoms with E-state index in [4.69, 9.17) is 5.73 Å². The van der Waals surface area contributed by atoms with E-state index in [0.29, 0.717) is 23.8 Å². The third kappa shape index (κ3) is 3.95. The highest BCUT2D eigenvalue weighted by atomic mass is 16.2. The van der Waals surface area contributed by atoms with Crippen LogP contribution in [-0.2, 0) is 4.79 Å². The summed E-state index contributed by atoms with van der Waals surface area (Å²) in [5.74, 6) is 1.54. The van der Waals surface area contributed by atoms with Gasteiger partial charge in [0.05, 0.1) is 0 Å². The minimum absolute atomic E-state index is 0.322. The van der Waals surface area contributed by atoms with Crippen LogP contribution >= 0.6 is 0 Å². The summed E-state index contributed by atoms with van der Waals surface area (Å²) in [6, 6.07) is 0.374. The molecule has 0 radical (unpaired) electrons. The maximum Gasteiger partial charge on any atom is 0.222 e. The molecular weight excluding hydrogens is 226 g/mol. The lowest BCUT2D eigenvalue weighted by atomic mass is 9.84. The number of rotatable bonds is 4. The normalized spacial score (nSPS) is 32.4. The first-order chi connectivity index (χ1) is 8.65. The molecule has 2 fully saturated rings. The van der Waals surface area contributed by atoms with Gasteiger partial charge in [-0.3, -0.25) is 4.79 Å². The molecule has 4 nitrogen and oxygen atoms in total. The van der Waals surface area contributed by atoms with E-state index in [1.54, 1.807) is 0 Å². The highest BCUT2D eigenvalue weighted by Gasteiger charge is 2.24. The number of nitrogens with one attached hydrogen (secondary N) is 1. The molecule has 1 saturated carbocycles. The Morgan fingerprint density at radius 3 is 2.56 bits per heavy atom. The summed E-state index contributed by atoms with van der Waals surface area (Å²) in [5, 5.41) is 3.35. The molecule has 1 aliphatic carbocycles. The van der Waals surface area contributed by atoms with Crippen molar-refractivity contribution in [2.75, 3.05) is 26.7 Å². The van der Waals surface area contributed by atoms with E-state index in [9.17, 15) is 4.79 Å². The fourth-order valence-electron chi connectivity index (χ4n) is 3.15. The SMILES string of the molecule is CN(CC1CCNC1)C(=O)CC1CCC(N)CC1. The summed E-state index contributed by atoms with van der Waals surface area (Å²) < 4.78 is 0. The molecule has 1 aliphatic heterocycles.